The van der Waals surface area contributed by atoms with Gasteiger partial charge < -0.3 is 10.2 Å². The molecule has 5 nitrogen and oxygen atoms in total. The lowest BCUT2D eigenvalue weighted by Gasteiger charge is -2.21. The Morgan fingerprint density at radius 1 is 1.17 bits per heavy atom. The standard InChI is InChI=1S/C18H23ClN4O/c1-4-8-23(9-5-2)18(24)16-11-17(21-12-20-16)22-14-7-6-13(3)15(19)10-14/h6-7,10-12H,4-5,8-9H2,1-3H3,(H,20,21,22). The van der Waals surface area contributed by atoms with E-state index in [2.05, 4.69) is 29.1 Å². The Hall–Kier alpha value is -2.14. The number of rotatable bonds is 7. The zero-order chi connectivity index (χ0) is 17.5. The van der Waals surface area contributed by atoms with Gasteiger partial charge in [0.25, 0.3) is 5.91 Å². The summed E-state index contributed by atoms with van der Waals surface area (Å²) in [6.45, 7) is 7.53. The van der Waals surface area contributed by atoms with Crippen molar-refractivity contribution in [2.75, 3.05) is 18.4 Å². The topological polar surface area (TPSA) is 58.1 Å². The summed E-state index contributed by atoms with van der Waals surface area (Å²) in [6, 6.07) is 7.36. The Morgan fingerprint density at radius 2 is 1.88 bits per heavy atom. The van der Waals surface area contributed by atoms with Crippen molar-refractivity contribution in [3.8, 4) is 0 Å². The molecule has 0 aliphatic rings. The molecule has 2 aromatic rings. The number of carbonyl (C=O) groups excluding carboxylic acids is 1. The van der Waals surface area contributed by atoms with Crippen molar-refractivity contribution in [1.29, 1.82) is 0 Å². The Balaban J connectivity index is 2.18. The highest BCUT2D eigenvalue weighted by atomic mass is 35.5. The summed E-state index contributed by atoms with van der Waals surface area (Å²) in [5.41, 5.74) is 2.23. The molecule has 1 aromatic carbocycles. The van der Waals surface area contributed by atoms with Crippen LogP contribution in [0.25, 0.3) is 0 Å². The molecule has 2 rings (SSSR count). The van der Waals surface area contributed by atoms with Crippen LogP contribution in [0.5, 0.6) is 0 Å². The van der Waals surface area contributed by atoms with Gasteiger partial charge in [-0.2, -0.15) is 0 Å². The summed E-state index contributed by atoms with van der Waals surface area (Å²) in [5, 5.41) is 3.85. The number of hydrogen-bond acceptors (Lipinski definition) is 4. The van der Waals surface area contributed by atoms with E-state index in [4.69, 9.17) is 11.6 Å². The molecule has 24 heavy (non-hydrogen) atoms. The summed E-state index contributed by atoms with van der Waals surface area (Å²) in [4.78, 5) is 22.8. The number of amides is 1. The summed E-state index contributed by atoms with van der Waals surface area (Å²) in [7, 11) is 0. The van der Waals surface area contributed by atoms with Gasteiger partial charge in [0.05, 0.1) is 0 Å². The van der Waals surface area contributed by atoms with Gasteiger partial charge >= 0.3 is 0 Å². The lowest BCUT2D eigenvalue weighted by molar-refractivity contribution is 0.0749. The molecule has 0 radical (unpaired) electrons. The fraction of sp³-hybridized carbons (Fsp3) is 0.389. The van der Waals surface area contributed by atoms with Gasteiger partial charge in [-0.15, -0.1) is 0 Å². The minimum Gasteiger partial charge on any atom is -0.340 e. The Bertz CT molecular complexity index is 699. The van der Waals surface area contributed by atoms with Crippen LogP contribution < -0.4 is 5.32 Å². The first-order valence-corrected chi connectivity index (χ1v) is 8.57. The largest absolute Gasteiger partial charge is 0.340 e. The number of nitrogens with zero attached hydrogens (tertiary/aromatic N) is 3. The zero-order valence-electron chi connectivity index (χ0n) is 14.3. The van der Waals surface area contributed by atoms with Crippen LogP contribution in [-0.4, -0.2) is 33.9 Å². The fourth-order valence-electron chi connectivity index (χ4n) is 2.38. The number of benzene rings is 1. The first kappa shape index (κ1) is 18.2. The molecule has 0 fully saturated rings. The summed E-state index contributed by atoms with van der Waals surface area (Å²) in [6.07, 6.45) is 3.25. The molecule has 0 aliphatic carbocycles. The van der Waals surface area contributed by atoms with Crippen molar-refractivity contribution in [3.05, 3.63) is 46.9 Å². The number of carbonyl (C=O) groups is 1. The van der Waals surface area contributed by atoms with Gasteiger partial charge in [-0.25, -0.2) is 9.97 Å². The van der Waals surface area contributed by atoms with E-state index in [9.17, 15) is 4.79 Å². The van der Waals surface area contributed by atoms with Crippen LogP contribution in [0, 0.1) is 6.92 Å². The van der Waals surface area contributed by atoms with E-state index in [1.54, 1.807) is 6.07 Å². The third kappa shape index (κ3) is 4.68. The van der Waals surface area contributed by atoms with E-state index in [-0.39, 0.29) is 5.91 Å². The molecule has 0 atom stereocenters. The minimum absolute atomic E-state index is 0.0638. The molecule has 0 spiro atoms. The van der Waals surface area contributed by atoms with Gasteiger partial charge in [0, 0.05) is 29.9 Å². The average molecular weight is 347 g/mol. The second-order valence-electron chi connectivity index (χ2n) is 5.67. The zero-order valence-corrected chi connectivity index (χ0v) is 15.1. The Morgan fingerprint density at radius 3 is 2.50 bits per heavy atom. The van der Waals surface area contributed by atoms with E-state index >= 15 is 0 Å². The number of hydrogen-bond donors (Lipinski definition) is 1. The summed E-state index contributed by atoms with van der Waals surface area (Å²) >= 11 is 6.14. The maximum Gasteiger partial charge on any atom is 0.272 e. The van der Waals surface area contributed by atoms with Gasteiger partial charge in [-0.1, -0.05) is 31.5 Å². The van der Waals surface area contributed by atoms with Crippen molar-refractivity contribution < 1.29 is 4.79 Å². The smallest absolute Gasteiger partial charge is 0.272 e. The molecule has 0 unspecified atom stereocenters. The van der Waals surface area contributed by atoms with E-state index in [1.165, 1.54) is 6.33 Å². The lowest BCUT2D eigenvalue weighted by Crippen LogP contribution is -2.33. The van der Waals surface area contributed by atoms with Crippen LogP contribution in [0.1, 0.15) is 42.7 Å². The minimum atomic E-state index is -0.0638. The maximum absolute atomic E-state index is 12.6. The van der Waals surface area contributed by atoms with E-state index in [1.807, 2.05) is 30.0 Å². The highest BCUT2D eigenvalue weighted by Crippen LogP contribution is 2.22. The highest BCUT2D eigenvalue weighted by molar-refractivity contribution is 6.31. The normalized spacial score (nSPS) is 10.5. The van der Waals surface area contributed by atoms with Crippen LogP contribution in [0.15, 0.2) is 30.6 Å². The third-order valence-electron chi connectivity index (χ3n) is 3.60. The van der Waals surface area contributed by atoms with Crippen LogP contribution in [0.3, 0.4) is 0 Å². The average Bonchev–Trinajstić information content (AvgIpc) is 2.58. The summed E-state index contributed by atoms with van der Waals surface area (Å²) < 4.78 is 0. The SMILES string of the molecule is CCCN(CCC)C(=O)c1cc(Nc2ccc(C)c(Cl)c2)ncn1. The highest BCUT2D eigenvalue weighted by Gasteiger charge is 2.16. The molecule has 6 heteroatoms. The molecule has 1 heterocycles. The molecule has 1 aromatic heterocycles. The monoisotopic (exact) mass is 346 g/mol. The molecule has 1 N–H and O–H groups in total. The fourth-order valence-corrected chi connectivity index (χ4v) is 2.56. The Labute approximate surface area is 148 Å². The van der Waals surface area contributed by atoms with Crippen molar-refractivity contribution in [1.82, 2.24) is 14.9 Å². The summed E-state index contributed by atoms with van der Waals surface area (Å²) in [5.74, 6) is 0.507. The number of nitrogens with one attached hydrogen (secondary N) is 1. The predicted octanol–water partition coefficient (Wildman–Crippen LogP) is 4.44. The van der Waals surface area contributed by atoms with Crippen LogP contribution in [0.4, 0.5) is 11.5 Å². The second kappa shape index (κ2) is 8.64. The van der Waals surface area contributed by atoms with Gasteiger partial charge in [0.1, 0.15) is 17.8 Å². The van der Waals surface area contributed by atoms with E-state index in [0.29, 0.717) is 16.5 Å². The van der Waals surface area contributed by atoms with Crippen molar-refractivity contribution in [3.63, 3.8) is 0 Å². The van der Waals surface area contributed by atoms with Crippen LogP contribution in [0.2, 0.25) is 5.02 Å². The lowest BCUT2D eigenvalue weighted by atomic mass is 10.2. The van der Waals surface area contributed by atoms with E-state index in [0.717, 1.165) is 37.2 Å². The first-order chi connectivity index (χ1) is 11.5. The molecule has 0 saturated heterocycles. The third-order valence-corrected chi connectivity index (χ3v) is 4.01. The van der Waals surface area contributed by atoms with E-state index < -0.39 is 0 Å². The van der Waals surface area contributed by atoms with Crippen molar-refractivity contribution in [2.45, 2.75) is 33.6 Å². The van der Waals surface area contributed by atoms with Crippen LogP contribution >= 0.6 is 11.6 Å². The van der Waals surface area contributed by atoms with Gasteiger partial charge in [-0.05, 0) is 37.5 Å². The number of aryl methyl sites for hydroxylation is 1. The van der Waals surface area contributed by atoms with Crippen molar-refractivity contribution >= 4 is 29.0 Å². The number of aromatic nitrogens is 2. The van der Waals surface area contributed by atoms with Crippen LogP contribution in [-0.2, 0) is 0 Å². The van der Waals surface area contributed by atoms with Gasteiger partial charge in [0.15, 0.2) is 0 Å². The molecule has 0 saturated carbocycles. The molecule has 128 valence electrons. The molecular formula is C18H23ClN4O. The maximum atomic E-state index is 12.6. The second-order valence-corrected chi connectivity index (χ2v) is 6.08. The van der Waals surface area contributed by atoms with Gasteiger partial charge in [0.2, 0.25) is 0 Å². The Kier molecular flexibility index (Phi) is 6.55. The van der Waals surface area contributed by atoms with Gasteiger partial charge in [-0.3, -0.25) is 4.79 Å². The first-order valence-electron chi connectivity index (χ1n) is 8.19. The predicted molar refractivity (Wildman–Crippen MR) is 98.0 cm³/mol. The molecule has 0 aliphatic heterocycles. The van der Waals surface area contributed by atoms with Crippen molar-refractivity contribution in [2.24, 2.45) is 0 Å². The quantitative estimate of drug-likeness (QED) is 0.805. The molecule has 0 bridgehead atoms. The number of halogens is 1. The number of anilines is 2. The molecule has 1 amide bonds. The molecular weight excluding hydrogens is 324 g/mol.